The van der Waals surface area contributed by atoms with E-state index in [-0.39, 0.29) is 11.1 Å². The molecule has 2 N–H and O–H groups in total. The van der Waals surface area contributed by atoms with Gasteiger partial charge >= 0.3 is 11.9 Å². The van der Waals surface area contributed by atoms with Crippen LogP contribution in [0.25, 0.3) is 0 Å². The summed E-state index contributed by atoms with van der Waals surface area (Å²) >= 11 is 0. The van der Waals surface area contributed by atoms with Crippen molar-refractivity contribution in [2.24, 2.45) is 5.16 Å². The predicted molar refractivity (Wildman–Crippen MR) is 124 cm³/mol. The summed E-state index contributed by atoms with van der Waals surface area (Å²) in [5, 5.41) is 22.7. The molecule has 0 spiro atoms. The van der Waals surface area contributed by atoms with Crippen LogP contribution in [0, 0.1) is 6.92 Å². The molecular formula is C26H25NO6. The Hall–Kier alpha value is -4.13. The minimum absolute atomic E-state index is 0.0230. The summed E-state index contributed by atoms with van der Waals surface area (Å²) in [4.78, 5) is 27.7. The Morgan fingerprint density at radius 2 is 1.58 bits per heavy atom. The quantitative estimate of drug-likeness (QED) is 0.356. The standard InChI is InChI=1S/C26H25NO6/c1-16-12-18(17(2)27-32-3)10-11-24(16)33-15-22-7-5-4-6-19(22)13-20-8-9-21(25(28)29)14-23(20)26(30)31/h4-12,14H,13,15H2,1-3H3,(H,28,29)(H,30,31). The van der Waals surface area contributed by atoms with Gasteiger partial charge in [-0.15, -0.1) is 0 Å². The average molecular weight is 447 g/mol. The Morgan fingerprint density at radius 1 is 0.879 bits per heavy atom. The van der Waals surface area contributed by atoms with Gasteiger partial charge in [0.05, 0.1) is 16.8 Å². The lowest BCUT2D eigenvalue weighted by atomic mass is 9.95. The summed E-state index contributed by atoms with van der Waals surface area (Å²) in [5.74, 6) is -1.59. The molecule has 170 valence electrons. The topological polar surface area (TPSA) is 105 Å². The number of hydrogen-bond donors (Lipinski definition) is 2. The summed E-state index contributed by atoms with van der Waals surface area (Å²) in [7, 11) is 1.51. The third-order valence-electron chi connectivity index (χ3n) is 5.29. The minimum Gasteiger partial charge on any atom is -0.489 e. The fraction of sp³-hybridized carbons (Fsp3) is 0.192. The molecule has 0 amide bonds. The van der Waals surface area contributed by atoms with Gasteiger partial charge in [-0.25, -0.2) is 9.59 Å². The first-order chi connectivity index (χ1) is 15.8. The molecule has 0 heterocycles. The van der Waals surface area contributed by atoms with Gasteiger partial charge in [0.25, 0.3) is 0 Å². The van der Waals surface area contributed by atoms with Crippen molar-refractivity contribution in [3.05, 3.63) is 99.6 Å². The molecule has 3 aromatic rings. The molecule has 7 nitrogen and oxygen atoms in total. The normalized spacial score (nSPS) is 11.2. The summed E-state index contributed by atoms with van der Waals surface area (Å²) in [6.45, 7) is 4.12. The van der Waals surface area contributed by atoms with E-state index in [1.165, 1.54) is 19.2 Å². The number of rotatable bonds is 9. The van der Waals surface area contributed by atoms with Crippen molar-refractivity contribution in [3.63, 3.8) is 0 Å². The van der Waals surface area contributed by atoms with Crippen LogP contribution in [0.3, 0.4) is 0 Å². The summed E-state index contributed by atoms with van der Waals surface area (Å²) < 4.78 is 6.06. The van der Waals surface area contributed by atoms with Crippen LogP contribution >= 0.6 is 0 Å². The largest absolute Gasteiger partial charge is 0.489 e. The van der Waals surface area contributed by atoms with Crippen LogP contribution in [-0.4, -0.2) is 35.0 Å². The number of ether oxygens (including phenoxy) is 1. The van der Waals surface area contributed by atoms with Gasteiger partial charge in [-0.05, 0) is 78.4 Å². The van der Waals surface area contributed by atoms with Crippen LogP contribution in [0.4, 0.5) is 0 Å². The molecule has 0 saturated carbocycles. The lowest BCUT2D eigenvalue weighted by Gasteiger charge is -2.14. The molecule has 33 heavy (non-hydrogen) atoms. The van der Waals surface area contributed by atoms with Crippen LogP contribution in [0.2, 0.25) is 0 Å². The Kier molecular flexibility index (Phi) is 7.46. The lowest BCUT2D eigenvalue weighted by Crippen LogP contribution is -2.08. The number of carboxylic acids is 2. The maximum atomic E-state index is 11.7. The molecule has 0 radical (unpaired) electrons. The fourth-order valence-electron chi connectivity index (χ4n) is 3.52. The third-order valence-corrected chi connectivity index (χ3v) is 5.29. The van der Waals surface area contributed by atoms with Crippen molar-refractivity contribution in [1.29, 1.82) is 0 Å². The molecule has 0 saturated heterocycles. The number of nitrogens with zero attached hydrogens (tertiary/aromatic N) is 1. The molecule has 0 aromatic heterocycles. The third kappa shape index (κ3) is 5.77. The number of carboxylic acid groups (broad SMARTS) is 2. The van der Waals surface area contributed by atoms with Gasteiger partial charge in [-0.2, -0.15) is 0 Å². The van der Waals surface area contributed by atoms with Gasteiger partial charge < -0.3 is 19.8 Å². The SMILES string of the molecule is CON=C(C)c1ccc(OCc2ccccc2Cc2ccc(C(=O)O)cc2C(=O)O)c(C)c1. The molecule has 0 bridgehead atoms. The highest BCUT2D eigenvalue weighted by molar-refractivity contribution is 5.98. The summed E-state index contributed by atoms with van der Waals surface area (Å²) in [5.41, 5.74) is 4.93. The number of aryl methyl sites for hydroxylation is 1. The highest BCUT2D eigenvalue weighted by Crippen LogP contribution is 2.24. The zero-order valence-corrected chi connectivity index (χ0v) is 18.7. The number of benzene rings is 3. The average Bonchev–Trinajstić information content (AvgIpc) is 2.79. The van der Waals surface area contributed by atoms with Gasteiger partial charge in [-0.1, -0.05) is 35.5 Å². The number of carbonyl (C=O) groups is 2. The van der Waals surface area contributed by atoms with Crippen molar-refractivity contribution < 1.29 is 29.4 Å². The van der Waals surface area contributed by atoms with E-state index in [0.29, 0.717) is 18.6 Å². The first-order valence-corrected chi connectivity index (χ1v) is 10.3. The number of aromatic carboxylic acids is 2. The fourth-order valence-corrected chi connectivity index (χ4v) is 3.52. The number of hydrogen-bond acceptors (Lipinski definition) is 5. The van der Waals surface area contributed by atoms with Gasteiger partial charge in [0.15, 0.2) is 0 Å². The van der Waals surface area contributed by atoms with Crippen LogP contribution < -0.4 is 4.74 Å². The summed E-state index contributed by atoms with van der Waals surface area (Å²) in [6.07, 6.45) is 0.339. The van der Waals surface area contributed by atoms with Gasteiger partial charge in [0.2, 0.25) is 0 Å². The Balaban J connectivity index is 1.82. The maximum Gasteiger partial charge on any atom is 0.336 e. The second kappa shape index (κ2) is 10.5. The Morgan fingerprint density at radius 3 is 2.21 bits per heavy atom. The van der Waals surface area contributed by atoms with E-state index in [9.17, 15) is 14.7 Å². The smallest absolute Gasteiger partial charge is 0.336 e. The lowest BCUT2D eigenvalue weighted by molar-refractivity contribution is 0.0695. The van der Waals surface area contributed by atoms with Crippen molar-refractivity contribution in [2.75, 3.05) is 7.11 Å². The Labute approximate surface area is 191 Å². The van der Waals surface area contributed by atoms with Gasteiger partial charge in [0, 0.05) is 0 Å². The van der Waals surface area contributed by atoms with Crippen LogP contribution in [-0.2, 0) is 17.9 Å². The molecule has 7 heteroatoms. The highest BCUT2D eigenvalue weighted by atomic mass is 16.6. The summed E-state index contributed by atoms with van der Waals surface area (Å²) in [6, 6.07) is 17.6. The van der Waals surface area contributed by atoms with Crippen molar-refractivity contribution in [3.8, 4) is 5.75 Å². The highest BCUT2D eigenvalue weighted by Gasteiger charge is 2.16. The van der Waals surface area contributed by atoms with Gasteiger partial charge in [-0.3, -0.25) is 0 Å². The van der Waals surface area contributed by atoms with E-state index in [2.05, 4.69) is 5.16 Å². The zero-order valence-electron chi connectivity index (χ0n) is 18.7. The molecule has 0 unspecified atom stereocenters. The monoisotopic (exact) mass is 447 g/mol. The first kappa shape index (κ1) is 23.5. The van der Waals surface area contributed by atoms with Crippen molar-refractivity contribution in [1.82, 2.24) is 0 Å². The minimum atomic E-state index is -1.16. The second-order valence-electron chi connectivity index (χ2n) is 7.56. The molecule has 0 aliphatic carbocycles. The van der Waals surface area contributed by atoms with Crippen molar-refractivity contribution in [2.45, 2.75) is 26.9 Å². The zero-order chi connectivity index (χ0) is 24.0. The van der Waals surface area contributed by atoms with E-state index < -0.39 is 11.9 Å². The first-order valence-electron chi connectivity index (χ1n) is 10.3. The maximum absolute atomic E-state index is 11.7. The van der Waals surface area contributed by atoms with Crippen LogP contribution in [0.15, 0.2) is 65.8 Å². The molecule has 0 aliphatic rings. The Bertz CT molecular complexity index is 1220. The van der Waals surface area contributed by atoms with E-state index in [4.69, 9.17) is 14.7 Å². The molecule has 3 aromatic carbocycles. The van der Waals surface area contributed by atoms with Gasteiger partial charge in [0.1, 0.15) is 19.5 Å². The van der Waals surface area contributed by atoms with Crippen LogP contribution in [0.5, 0.6) is 5.75 Å². The van der Waals surface area contributed by atoms with Crippen LogP contribution in [0.1, 0.15) is 55.5 Å². The van der Waals surface area contributed by atoms with E-state index in [0.717, 1.165) is 33.7 Å². The van der Waals surface area contributed by atoms with Crippen molar-refractivity contribution >= 4 is 17.7 Å². The van der Waals surface area contributed by atoms with E-state index >= 15 is 0 Å². The molecule has 0 fully saturated rings. The second-order valence-corrected chi connectivity index (χ2v) is 7.56. The van der Waals surface area contributed by atoms with E-state index in [1.54, 1.807) is 6.07 Å². The molecule has 3 rings (SSSR count). The molecular weight excluding hydrogens is 422 g/mol. The molecule has 0 atom stereocenters. The van der Waals surface area contributed by atoms with E-state index in [1.807, 2.05) is 56.3 Å². The molecule has 0 aliphatic heterocycles. The number of oxime groups is 1. The predicted octanol–water partition coefficient (Wildman–Crippen LogP) is 4.93.